The number of hydrogen-bond donors (Lipinski definition) is 4. The molecule has 0 aliphatic carbocycles. The number of nitrogens with one attached hydrogen (secondary N) is 3. The Hall–Kier alpha value is -2.00. The van der Waals surface area contributed by atoms with Gasteiger partial charge >= 0.3 is 0 Å². The minimum Gasteiger partial charge on any atom is -0.480 e. The van der Waals surface area contributed by atoms with Gasteiger partial charge in [0.2, 0.25) is 23.3 Å². The highest BCUT2D eigenvalue weighted by molar-refractivity contribution is 7.99. The number of carbonyl (C=O) groups is 2. The Bertz CT molecular complexity index is 563. The van der Waals surface area contributed by atoms with Gasteiger partial charge in [-0.25, -0.2) is 0 Å². The molecule has 0 aliphatic rings. The third-order valence-electron chi connectivity index (χ3n) is 3.08. The van der Waals surface area contributed by atoms with Crippen molar-refractivity contribution in [1.82, 2.24) is 10.6 Å². The minimum absolute atomic E-state index is 0.0511. The summed E-state index contributed by atoms with van der Waals surface area (Å²) in [4.78, 5) is 22.4. The van der Waals surface area contributed by atoms with Crippen LogP contribution in [-0.4, -0.2) is 46.8 Å². The van der Waals surface area contributed by atoms with Crippen LogP contribution < -0.4 is 10.6 Å². The molecule has 154 valence electrons. The first-order valence-corrected chi connectivity index (χ1v) is 9.84. The third kappa shape index (κ3) is 12.9. The number of ether oxygens (including phenoxy) is 2. The molecular formula is C18H31N3O5S. The van der Waals surface area contributed by atoms with Gasteiger partial charge in [-0.05, 0) is 31.9 Å². The van der Waals surface area contributed by atoms with E-state index < -0.39 is 11.7 Å². The predicted molar refractivity (Wildman–Crippen MR) is 107 cm³/mol. The highest BCUT2D eigenvalue weighted by Gasteiger charge is 2.20. The van der Waals surface area contributed by atoms with Gasteiger partial charge in [-0.2, -0.15) is 0 Å². The van der Waals surface area contributed by atoms with E-state index in [4.69, 9.17) is 14.9 Å². The predicted octanol–water partition coefficient (Wildman–Crippen LogP) is 2.25. The van der Waals surface area contributed by atoms with E-state index in [9.17, 15) is 14.7 Å². The number of aliphatic hydroxyl groups is 1. The van der Waals surface area contributed by atoms with Gasteiger partial charge in [0.15, 0.2) is 0 Å². The summed E-state index contributed by atoms with van der Waals surface area (Å²) < 4.78 is 10.6. The molecule has 0 aromatic heterocycles. The summed E-state index contributed by atoms with van der Waals surface area (Å²) in [7, 11) is 0. The van der Waals surface area contributed by atoms with E-state index in [-0.39, 0.29) is 23.5 Å². The first kappa shape index (κ1) is 25.0. The van der Waals surface area contributed by atoms with E-state index in [0.717, 1.165) is 23.9 Å². The monoisotopic (exact) mass is 401 g/mol. The van der Waals surface area contributed by atoms with Crippen LogP contribution in [0, 0.1) is 5.41 Å². The van der Waals surface area contributed by atoms with Crippen molar-refractivity contribution in [2.75, 3.05) is 12.4 Å². The molecule has 2 unspecified atom stereocenters. The van der Waals surface area contributed by atoms with Crippen LogP contribution in [-0.2, 0) is 19.1 Å². The Labute approximate surface area is 165 Å². The molecule has 2 atom stereocenters. The first-order valence-electron chi connectivity index (χ1n) is 8.79. The minimum atomic E-state index is -1.17. The number of allylic oxidation sites excluding steroid dienone is 4. The molecule has 0 aromatic carbocycles. The van der Waals surface area contributed by atoms with Gasteiger partial charge in [0.25, 0.3) is 0 Å². The molecule has 0 saturated carbocycles. The van der Waals surface area contributed by atoms with Crippen molar-refractivity contribution in [2.45, 2.75) is 59.1 Å². The van der Waals surface area contributed by atoms with E-state index in [1.807, 2.05) is 13.8 Å². The Morgan fingerprint density at radius 1 is 1.19 bits per heavy atom. The highest BCUT2D eigenvalue weighted by Crippen LogP contribution is 2.16. The van der Waals surface area contributed by atoms with Crippen LogP contribution in [0.1, 0.15) is 47.5 Å². The van der Waals surface area contributed by atoms with E-state index in [0.29, 0.717) is 18.8 Å². The Balaban J connectivity index is 4.66. The average molecular weight is 402 g/mol. The fourth-order valence-corrected chi connectivity index (χ4v) is 2.66. The van der Waals surface area contributed by atoms with Crippen LogP contribution in [0.2, 0.25) is 0 Å². The fraction of sp³-hybridized carbons (Fsp3) is 0.611. The smallest absolute Gasteiger partial charge is 0.246 e. The second-order valence-corrected chi connectivity index (χ2v) is 6.80. The molecule has 0 aliphatic heterocycles. The number of hydrogen-bond acceptors (Lipinski definition) is 7. The molecule has 2 amide bonds. The average Bonchev–Trinajstić information content (AvgIpc) is 2.59. The summed E-state index contributed by atoms with van der Waals surface area (Å²) in [5.74, 6) is 0.192. The number of thioether (sulfide) groups is 1. The van der Waals surface area contributed by atoms with Gasteiger partial charge in [0.1, 0.15) is 6.04 Å². The number of rotatable bonds is 12. The van der Waals surface area contributed by atoms with Crippen LogP contribution in [0.5, 0.6) is 0 Å². The molecule has 0 aromatic rings. The van der Waals surface area contributed by atoms with Gasteiger partial charge in [0.05, 0.1) is 12.4 Å². The van der Waals surface area contributed by atoms with Crippen molar-refractivity contribution in [3.05, 3.63) is 23.6 Å². The number of carbonyl (C=O) groups excluding carboxylic acids is 2. The molecule has 0 bridgehead atoms. The normalized spacial score (nSPS) is 14.1. The lowest BCUT2D eigenvalue weighted by Crippen LogP contribution is -2.42. The molecule has 4 N–H and O–H groups in total. The van der Waals surface area contributed by atoms with Gasteiger partial charge in [-0.3, -0.25) is 15.0 Å². The Morgan fingerprint density at radius 3 is 2.37 bits per heavy atom. The molecule has 0 radical (unpaired) electrons. The molecule has 27 heavy (non-hydrogen) atoms. The van der Waals surface area contributed by atoms with Gasteiger partial charge < -0.3 is 25.2 Å². The topological polar surface area (TPSA) is 121 Å². The summed E-state index contributed by atoms with van der Waals surface area (Å²) in [5, 5.41) is 23.2. The summed E-state index contributed by atoms with van der Waals surface area (Å²) in [6.45, 7) is 8.70. The van der Waals surface area contributed by atoms with E-state index >= 15 is 0 Å². The zero-order chi connectivity index (χ0) is 20.8. The lowest BCUT2D eigenvalue weighted by atomic mass is 10.3. The molecule has 0 saturated heterocycles. The van der Waals surface area contributed by atoms with Gasteiger partial charge in [-0.15, -0.1) is 0 Å². The second-order valence-electron chi connectivity index (χ2n) is 5.73. The maximum Gasteiger partial charge on any atom is 0.246 e. The lowest BCUT2D eigenvalue weighted by molar-refractivity contribution is -0.119. The first-order chi connectivity index (χ1) is 12.7. The molecule has 0 fully saturated rings. The molecule has 0 rings (SSSR count). The summed E-state index contributed by atoms with van der Waals surface area (Å²) in [5.41, 5.74) is -0.435. The molecule has 0 spiro atoms. The third-order valence-corrected chi connectivity index (χ3v) is 3.99. The van der Waals surface area contributed by atoms with Gasteiger partial charge in [-0.1, -0.05) is 25.6 Å². The number of amides is 2. The van der Waals surface area contributed by atoms with Crippen molar-refractivity contribution in [3.63, 3.8) is 0 Å². The van der Waals surface area contributed by atoms with E-state index in [1.165, 1.54) is 13.8 Å². The van der Waals surface area contributed by atoms with Crippen LogP contribution in [0.15, 0.2) is 23.6 Å². The Morgan fingerprint density at radius 2 is 1.85 bits per heavy atom. The molecule has 8 nitrogen and oxygen atoms in total. The summed E-state index contributed by atoms with van der Waals surface area (Å²) in [6.07, 6.45) is 4.77. The molecule has 9 heteroatoms. The SMILES string of the molecule is CCCOC(=N)C(CSC(O)OC(C)=CC=C(CC)NC(C)=O)NC(C)=O. The van der Waals surface area contributed by atoms with Crippen LogP contribution in [0.3, 0.4) is 0 Å². The Kier molecular flexibility index (Phi) is 13.1. The maximum absolute atomic E-state index is 11.3. The zero-order valence-corrected chi connectivity index (χ0v) is 17.4. The molecule has 0 heterocycles. The van der Waals surface area contributed by atoms with Crippen molar-refractivity contribution >= 4 is 29.5 Å². The van der Waals surface area contributed by atoms with Crippen molar-refractivity contribution in [2.24, 2.45) is 0 Å². The summed E-state index contributed by atoms with van der Waals surface area (Å²) in [6, 6.07) is -0.645. The van der Waals surface area contributed by atoms with Crippen LogP contribution in [0.25, 0.3) is 0 Å². The van der Waals surface area contributed by atoms with Crippen molar-refractivity contribution < 1.29 is 24.2 Å². The fourth-order valence-electron chi connectivity index (χ4n) is 1.84. The summed E-state index contributed by atoms with van der Waals surface area (Å²) >= 11 is 1.03. The van der Waals surface area contributed by atoms with E-state index in [2.05, 4.69) is 10.6 Å². The van der Waals surface area contributed by atoms with Crippen molar-refractivity contribution in [1.29, 1.82) is 5.41 Å². The highest BCUT2D eigenvalue weighted by atomic mass is 32.2. The lowest BCUT2D eigenvalue weighted by Gasteiger charge is -2.20. The second kappa shape index (κ2) is 14.1. The van der Waals surface area contributed by atoms with Crippen molar-refractivity contribution in [3.8, 4) is 0 Å². The van der Waals surface area contributed by atoms with E-state index in [1.54, 1.807) is 19.1 Å². The molecular weight excluding hydrogens is 370 g/mol. The number of aliphatic hydroxyl groups excluding tert-OH is 1. The zero-order valence-electron chi connectivity index (χ0n) is 16.6. The van der Waals surface area contributed by atoms with Gasteiger partial charge in [0, 0.05) is 25.3 Å². The standard InChI is InChI=1S/C18H31N3O5S/c1-6-10-25-17(19)16(21-14(5)23)11-27-18(24)26-12(3)8-9-15(7-2)20-13(4)22/h8-9,16,18-19,24H,6-7,10-11H2,1-5H3,(H,20,22)(H,21,23). The van der Waals surface area contributed by atoms with Crippen LogP contribution in [0.4, 0.5) is 0 Å². The largest absolute Gasteiger partial charge is 0.480 e. The van der Waals surface area contributed by atoms with Crippen LogP contribution >= 0.6 is 11.8 Å². The quantitative estimate of drug-likeness (QED) is 0.131. The maximum atomic E-state index is 11.3.